The predicted octanol–water partition coefficient (Wildman–Crippen LogP) is 3.62. The second kappa shape index (κ2) is 10.4. The normalized spacial score (nSPS) is 16.8. The lowest BCUT2D eigenvalue weighted by Crippen LogP contribution is -2.41. The van der Waals surface area contributed by atoms with Crippen molar-refractivity contribution in [2.24, 2.45) is 0 Å². The number of nitrogens with one attached hydrogen (secondary N) is 2. The van der Waals surface area contributed by atoms with Crippen LogP contribution in [0.3, 0.4) is 0 Å². The molecule has 2 heterocycles. The Labute approximate surface area is 200 Å². The second-order valence-corrected chi connectivity index (χ2v) is 9.12. The largest absolute Gasteiger partial charge is 0.495 e. The lowest BCUT2D eigenvalue weighted by Gasteiger charge is -2.31. The highest BCUT2D eigenvalue weighted by Crippen LogP contribution is 2.32. The number of fused-ring (bicyclic) bond motifs is 1. The molecule has 176 valence electrons. The molecule has 1 saturated heterocycles. The third kappa shape index (κ3) is 5.42. The highest BCUT2D eigenvalue weighted by atomic mass is 35.5. The van der Waals surface area contributed by atoms with Crippen LogP contribution in [0.25, 0.3) is 0 Å². The van der Waals surface area contributed by atoms with Crippen molar-refractivity contribution in [3.8, 4) is 5.75 Å². The van der Waals surface area contributed by atoms with Crippen molar-refractivity contribution in [2.75, 3.05) is 50.6 Å². The summed E-state index contributed by atoms with van der Waals surface area (Å²) in [5.74, 6) is -0.990. The van der Waals surface area contributed by atoms with Crippen LogP contribution in [-0.4, -0.2) is 57.1 Å². The molecule has 1 fully saturated rings. The van der Waals surface area contributed by atoms with Gasteiger partial charge in [-0.2, -0.15) is 0 Å². The van der Waals surface area contributed by atoms with Crippen LogP contribution in [-0.2, 0) is 16.0 Å². The highest BCUT2D eigenvalue weighted by Gasteiger charge is 2.27. The minimum absolute atomic E-state index is 0.0301. The van der Waals surface area contributed by atoms with Gasteiger partial charge in [0.05, 0.1) is 18.8 Å². The number of anilines is 2. The van der Waals surface area contributed by atoms with Crippen LogP contribution < -0.4 is 20.3 Å². The summed E-state index contributed by atoms with van der Waals surface area (Å²) in [6.45, 7) is 3.42. The van der Waals surface area contributed by atoms with E-state index < -0.39 is 11.8 Å². The van der Waals surface area contributed by atoms with Crippen molar-refractivity contribution in [1.82, 2.24) is 10.2 Å². The minimum Gasteiger partial charge on any atom is -0.495 e. The third-order valence-electron chi connectivity index (χ3n) is 6.49. The monoisotopic (exact) mass is 470 g/mol. The first-order valence-electron chi connectivity index (χ1n) is 11.5. The Kier molecular flexibility index (Phi) is 7.40. The molecule has 2 N–H and O–H groups in total. The zero-order valence-electron chi connectivity index (χ0n) is 19.2. The molecule has 8 heteroatoms. The Bertz CT molecular complexity index is 1020. The highest BCUT2D eigenvalue weighted by molar-refractivity contribution is 6.40. The molecule has 2 aliphatic heterocycles. The maximum atomic E-state index is 12.6. The zero-order valence-corrected chi connectivity index (χ0v) is 20.0. The van der Waals surface area contributed by atoms with Gasteiger partial charge in [-0.05, 0) is 74.2 Å². The Morgan fingerprint density at radius 1 is 1.06 bits per heavy atom. The Morgan fingerprint density at radius 2 is 1.85 bits per heavy atom. The summed E-state index contributed by atoms with van der Waals surface area (Å²) in [4.78, 5) is 29.9. The number of carbonyl (C=O) groups is 2. The number of carbonyl (C=O) groups excluding carboxylic acids is 2. The van der Waals surface area contributed by atoms with Crippen LogP contribution in [0.5, 0.6) is 5.75 Å². The molecule has 0 bridgehead atoms. The average Bonchev–Trinajstić information content (AvgIpc) is 3.34. The molecule has 33 heavy (non-hydrogen) atoms. The summed E-state index contributed by atoms with van der Waals surface area (Å²) < 4.78 is 5.24. The number of hydrogen-bond donors (Lipinski definition) is 2. The van der Waals surface area contributed by atoms with Crippen molar-refractivity contribution in [3.63, 3.8) is 0 Å². The topological polar surface area (TPSA) is 73.9 Å². The predicted molar refractivity (Wildman–Crippen MR) is 131 cm³/mol. The van der Waals surface area contributed by atoms with Crippen LogP contribution >= 0.6 is 11.6 Å². The molecular formula is C25H31ClN4O3. The number of likely N-dealkylation sites (tertiary alicyclic amines) is 1. The van der Waals surface area contributed by atoms with Gasteiger partial charge in [-0.25, -0.2) is 0 Å². The number of aryl methyl sites for hydroxylation is 1. The van der Waals surface area contributed by atoms with Gasteiger partial charge in [0.25, 0.3) is 0 Å². The number of hydrogen-bond acceptors (Lipinski definition) is 5. The number of ether oxygens (including phenoxy) is 1. The maximum absolute atomic E-state index is 12.6. The van der Waals surface area contributed by atoms with E-state index in [1.165, 1.54) is 23.9 Å². The Hall–Kier alpha value is -2.77. The van der Waals surface area contributed by atoms with Gasteiger partial charge in [0.2, 0.25) is 0 Å². The molecule has 4 rings (SSSR count). The van der Waals surface area contributed by atoms with Gasteiger partial charge < -0.3 is 20.3 Å². The van der Waals surface area contributed by atoms with Gasteiger partial charge in [-0.1, -0.05) is 23.7 Å². The summed E-state index contributed by atoms with van der Waals surface area (Å²) in [5, 5.41) is 5.89. The Balaban J connectivity index is 1.46. The van der Waals surface area contributed by atoms with E-state index in [2.05, 4.69) is 45.7 Å². The van der Waals surface area contributed by atoms with Crippen LogP contribution in [0.2, 0.25) is 5.02 Å². The first-order valence-corrected chi connectivity index (χ1v) is 11.8. The molecule has 0 spiro atoms. The average molecular weight is 471 g/mol. The van der Waals surface area contributed by atoms with Crippen LogP contribution in [0.4, 0.5) is 11.4 Å². The van der Waals surface area contributed by atoms with Crippen molar-refractivity contribution >= 4 is 34.8 Å². The fourth-order valence-corrected chi connectivity index (χ4v) is 4.92. The van der Waals surface area contributed by atoms with E-state index in [4.69, 9.17) is 16.3 Å². The molecule has 2 amide bonds. The van der Waals surface area contributed by atoms with Gasteiger partial charge in [0.1, 0.15) is 5.75 Å². The SMILES string of the molecule is COc1ccc(Cl)cc1NC(=O)C(=O)NC[C@H](c1ccc2c(c1)CCCN2C)N1CCCC1. The van der Waals surface area contributed by atoms with Crippen LogP contribution in [0.15, 0.2) is 36.4 Å². The van der Waals surface area contributed by atoms with Crippen molar-refractivity contribution in [2.45, 2.75) is 31.7 Å². The first-order chi connectivity index (χ1) is 16.0. The van der Waals surface area contributed by atoms with E-state index in [-0.39, 0.29) is 6.04 Å². The molecule has 0 aliphatic carbocycles. The minimum atomic E-state index is -0.747. The van der Waals surface area contributed by atoms with Crippen LogP contribution in [0, 0.1) is 0 Å². The number of halogens is 1. The lowest BCUT2D eigenvalue weighted by atomic mass is 9.96. The smallest absolute Gasteiger partial charge is 0.313 e. The van der Waals surface area contributed by atoms with Crippen LogP contribution in [0.1, 0.15) is 36.4 Å². The summed E-state index contributed by atoms with van der Waals surface area (Å²) >= 11 is 6.02. The maximum Gasteiger partial charge on any atom is 0.313 e. The number of benzene rings is 2. The summed E-state index contributed by atoms with van der Waals surface area (Å²) in [6.07, 6.45) is 4.50. The summed E-state index contributed by atoms with van der Waals surface area (Å²) in [7, 11) is 3.62. The first kappa shape index (κ1) is 23.4. The molecule has 0 unspecified atom stereocenters. The van der Waals surface area contributed by atoms with Crippen molar-refractivity contribution < 1.29 is 14.3 Å². The summed E-state index contributed by atoms with van der Waals surface area (Å²) in [5.41, 5.74) is 4.18. The number of amides is 2. The van der Waals surface area contributed by atoms with E-state index in [0.29, 0.717) is 23.0 Å². The number of methoxy groups -OCH3 is 1. The van der Waals surface area contributed by atoms with Gasteiger partial charge in [-0.15, -0.1) is 0 Å². The molecule has 1 atom stereocenters. The quantitative estimate of drug-likeness (QED) is 0.631. The van der Waals surface area contributed by atoms with Crippen molar-refractivity contribution in [3.05, 3.63) is 52.5 Å². The molecule has 0 aromatic heterocycles. The van der Waals surface area contributed by atoms with Gasteiger partial charge in [-0.3, -0.25) is 14.5 Å². The van der Waals surface area contributed by atoms with Crippen molar-refractivity contribution in [1.29, 1.82) is 0 Å². The summed E-state index contributed by atoms with van der Waals surface area (Å²) in [6, 6.07) is 11.5. The lowest BCUT2D eigenvalue weighted by molar-refractivity contribution is -0.136. The fraction of sp³-hybridized carbons (Fsp3) is 0.440. The molecule has 2 aromatic carbocycles. The molecule has 2 aliphatic rings. The second-order valence-electron chi connectivity index (χ2n) is 8.68. The number of rotatable bonds is 6. The molecular weight excluding hydrogens is 440 g/mol. The molecule has 0 saturated carbocycles. The van der Waals surface area contributed by atoms with E-state index >= 15 is 0 Å². The van der Waals surface area contributed by atoms with Gasteiger partial charge in [0, 0.05) is 30.8 Å². The van der Waals surface area contributed by atoms with Gasteiger partial charge in [0.15, 0.2) is 0 Å². The Morgan fingerprint density at radius 3 is 2.61 bits per heavy atom. The zero-order chi connectivity index (χ0) is 23.4. The number of nitrogens with zero attached hydrogens (tertiary/aromatic N) is 2. The van der Waals surface area contributed by atoms with E-state index in [0.717, 1.165) is 45.3 Å². The van der Waals surface area contributed by atoms with E-state index in [9.17, 15) is 9.59 Å². The molecule has 0 radical (unpaired) electrons. The standard InChI is InChI=1S/C25H31ClN4O3/c1-29-11-5-6-17-14-18(7-9-21(17)29)22(30-12-3-4-13-30)16-27-24(31)25(32)28-20-15-19(26)8-10-23(20)33-2/h7-10,14-15,22H,3-6,11-13,16H2,1-2H3,(H,27,31)(H,28,32)/t22-/m1/s1. The van der Waals surface area contributed by atoms with Gasteiger partial charge >= 0.3 is 11.8 Å². The molecule has 7 nitrogen and oxygen atoms in total. The van der Waals surface area contributed by atoms with E-state index in [1.807, 2.05) is 0 Å². The fourth-order valence-electron chi connectivity index (χ4n) is 4.75. The molecule has 2 aromatic rings. The third-order valence-corrected chi connectivity index (χ3v) is 6.73. The van der Waals surface area contributed by atoms with E-state index in [1.54, 1.807) is 18.2 Å².